The van der Waals surface area contributed by atoms with E-state index in [9.17, 15) is 0 Å². The van der Waals surface area contributed by atoms with Gasteiger partial charge in [0.2, 0.25) is 0 Å². The molecular formula is C13H18ClNO. The van der Waals surface area contributed by atoms with Crippen molar-refractivity contribution in [3.63, 3.8) is 0 Å². The Bertz CT molecular complexity index is 339. The predicted molar refractivity (Wildman–Crippen MR) is 69.1 cm³/mol. The summed E-state index contributed by atoms with van der Waals surface area (Å²) in [5.41, 5.74) is 6.62. The first-order valence-electron chi connectivity index (χ1n) is 5.50. The van der Waals surface area contributed by atoms with E-state index in [-0.39, 0.29) is 0 Å². The number of unbranched alkanes of at least 4 members (excludes halogenated alkanes) is 1. The number of hydrogen-bond acceptors (Lipinski definition) is 2. The second kappa shape index (κ2) is 7.31. The number of benzene rings is 1. The lowest BCUT2D eigenvalue weighted by Gasteiger charge is -2.11. The van der Waals surface area contributed by atoms with E-state index in [4.69, 9.17) is 22.1 Å². The van der Waals surface area contributed by atoms with Gasteiger partial charge in [-0.25, -0.2) is 0 Å². The Balaban J connectivity index is 2.59. The molecule has 1 rings (SSSR count). The minimum atomic E-state index is 0.601. The molecule has 1 aromatic rings. The minimum Gasteiger partial charge on any atom is -0.493 e. The van der Waals surface area contributed by atoms with E-state index in [0.29, 0.717) is 13.2 Å². The van der Waals surface area contributed by atoms with Gasteiger partial charge in [0, 0.05) is 5.02 Å². The SMILES string of the molecule is C=CCCCOc1ccc(Cl)cc1CCN. The number of hydrogen-bond donors (Lipinski definition) is 1. The summed E-state index contributed by atoms with van der Waals surface area (Å²) < 4.78 is 5.68. The number of nitrogens with two attached hydrogens (primary N) is 1. The summed E-state index contributed by atoms with van der Waals surface area (Å²) in [6, 6.07) is 5.66. The molecule has 0 aliphatic heterocycles. The van der Waals surface area contributed by atoms with Gasteiger partial charge in [-0.2, -0.15) is 0 Å². The molecule has 2 N–H and O–H groups in total. The van der Waals surface area contributed by atoms with Crippen molar-refractivity contribution in [3.8, 4) is 5.75 Å². The van der Waals surface area contributed by atoms with E-state index in [1.807, 2.05) is 24.3 Å². The van der Waals surface area contributed by atoms with Gasteiger partial charge in [-0.15, -0.1) is 6.58 Å². The van der Waals surface area contributed by atoms with Crippen LogP contribution in [0.1, 0.15) is 18.4 Å². The number of rotatable bonds is 7. The van der Waals surface area contributed by atoms with Crippen molar-refractivity contribution >= 4 is 11.6 Å². The largest absolute Gasteiger partial charge is 0.493 e. The number of halogens is 1. The lowest BCUT2D eigenvalue weighted by Crippen LogP contribution is -2.06. The van der Waals surface area contributed by atoms with Crippen molar-refractivity contribution < 1.29 is 4.74 Å². The van der Waals surface area contributed by atoms with Crippen LogP contribution in [0.5, 0.6) is 5.75 Å². The highest BCUT2D eigenvalue weighted by molar-refractivity contribution is 6.30. The zero-order chi connectivity index (χ0) is 11.8. The van der Waals surface area contributed by atoms with Gasteiger partial charge in [0.15, 0.2) is 0 Å². The van der Waals surface area contributed by atoms with Crippen LogP contribution in [0.25, 0.3) is 0 Å². The van der Waals surface area contributed by atoms with E-state index in [1.54, 1.807) is 0 Å². The van der Waals surface area contributed by atoms with Crippen LogP contribution in [0.3, 0.4) is 0 Å². The second-order valence-corrected chi connectivity index (χ2v) is 4.01. The fourth-order valence-corrected chi connectivity index (χ4v) is 1.64. The van der Waals surface area contributed by atoms with Crippen LogP contribution in [-0.4, -0.2) is 13.2 Å². The molecule has 2 nitrogen and oxygen atoms in total. The lowest BCUT2D eigenvalue weighted by molar-refractivity contribution is 0.309. The summed E-state index contributed by atoms with van der Waals surface area (Å²) in [5.74, 6) is 0.888. The van der Waals surface area contributed by atoms with Crippen molar-refractivity contribution in [1.29, 1.82) is 0 Å². The molecule has 88 valence electrons. The van der Waals surface area contributed by atoms with Gasteiger partial charge in [0.1, 0.15) is 5.75 Å². The molecular weight excluding hydrogens is 222 g/mol. The Hall–Kier alpha value is -0.990. The molecule has 0 radical (unpaired) electrons. The minimum absolute atomic E-state index is 0.601. The van der Waals surface area contributed by atoms with Gasteiger partial charge in [-0.3, -0.25) is 0 Å². The third kappa shape index (κ3) is 4.25. The first kappa shape index (κ1) is 13.1. The standard InChI is InChI=1S/C13H18ClNO/c1-2-3-4-9-16-13-6-5-12(14)10-11(13)7-8-15/h2,5-6,10H,1,3-4,7-9,15H2. The van der Waals surface area contributed by atoms with E-state index < -0.39 is 0 Å². The van der Waals surface area contributed by atoms with E-state index in [2.05, 4.69) is 6.58 Å². The monoisotopic (exact) mass is 239 g/mol. The fourth-order valence-electron chi connectivity index (χ4n) is 1.45. The molecule has 0 aliphatic rings. The molecule has 0 saturated heterocycles. The fraction of sp³-hybridized carbons (Fsp3) is 0.385. The van der Waals surface area contributed by atoms with Gasteiger partial charge in [0.25, 0.3) is 0 Å². The zero-order valence-corrected chi connectivity index (χ0v) is 10.2. The van der Waals surface area contributed by atoms with Gasteiger partial charge >= 0.3 is 0 Å². The molecule has 0 unspecified atom stereocenters. The summed E-state index contributed by atoms with van der Waals surface area (Å²) in [7, 11) is 0. The van der Waals surface area contributed by atoms with E-state index in [1.165, 1.54) is 0 Å². The van der Waals surface area contributed by atoms with Crippen LogP contribution in [0.15, 0.2) is 30.9 Å². The Morgan fingerprint density at radius 2 is 2.25 bits per heavy atom. The Morgan fingerprint density at radius 3 is 2.94 bits per heavy atom. The van der Waals surface area contributed by atoms with Gasteiger partial charge in [-0.05, 0) is 49.6 Å². The van der Waals surface area contributed by atoms with Crippen LogP contribution < -0.4 is 10.5 Å². The van der Waals surface area contributed by atoms with Crippen LogP contribution in [-0.2, 0) is 6.42 Å². The lowest BCUT2D eigenvalue weighted by atomic mass is 10.1. The van der Waals surface area contributed by atoms with Crippen LogP contribution in [0, 0.1) is 0 Å². The second-order valence-electron chi connectivity index (χ2n) is 3.57. The first-order chi connectivity index (χ1) is 7.77. The smallest absolute Gasteiger partial charge is 0.122 e. The number of ether oxygens (including phenoxy) is 1. The van der Waals surface area contributed by atoms with E-state index >= 15 is 0 Å². The van der Waals surface area contributed by atoms with Crippen molar-refractivity contribution in [1.82, 2.24) is 0 Å². The Kier molecular flexibility index (Phi) is 5.98. The molecule has 3 heteroatoms. The van der Waals surface area contributed by atoms with E-state index in [0.717, 1.165) is 35.6 Å². The van der Waals surface area contributed by atoms with Crippen molar-refractivity contribution in [2.24, 2.45) is 5.73 Å². The summed E-state index contributed by atoms with van der Waals surface area (Å²) >= 11 is 5.93. The number of allylic oxidation sites excluding steroid dienone is 1. The van der Waals surface area contributed by atoms with Gasteiger partial charge in [-0.1, -0.05) is 17.7 Å². The van der Waals surface area contributed by atoms with Gasteiger partial charge in [0.05, 0.1) is 6.61 Å². The maximum atomic E-state index is 5.93. The van der Waals surface area contributed by atoms with Crippen LogP contribution >= 0.6 is 11.6 Å². The third-order valence-electron chi connectivity index (χ3n) is 2.25. The average Bonchev–Trinajstić information content (AvgIpc) is 2.27. The van der Waals surface area contributed by atoms with Gasteiger partial charge < -0.3 is 10.5 Å². The maximum Gasteiger partial charge on any atom is 0.122 e. The average molecular weight is 240 g/mol. The maximum absolute atomic E-state index is 5.93. The highest BCUT2D eigenvalue weighted by Gasteiger charge is 2.03. The highest BCUT2D eigenvalue weighted by atomic mass is 35.5. The summed E-state index contributed by atoms with van der Waals surface area (Å²) in [6.07, 6.45) is 4.64. The Morgan fingerprint density at radius 1 is 1.44 bits per heavy atom. The Labute approximate surface area is 102 Å². The third-order valence-corrected chi connectivity index (χ3v) is 2.48. The molecule has 0 aromatic heterocycles. The molecule has 0 heterocycles. The molecule has 0 fully saturated rings. The molecule has 0 bridgehead atoms. The molecule has 16 heavy (non-hydrogen) atoms. The zero-order valence-electron chi connectivity index (χ0n) is 9.42. The summed E-state index contributed by atoms with van der Waals surface area (Å²) in [6.45, 7) is 4.97. The molecule has 0 saturated carbocycles. The van der Waals surface area contributed by atoms with Crippen molar-refractivity contribution in [3.05, 3.63) is 41.4 Å². The molecule has 0 atom stereocenters. The molecule has 0 amide bonds. The van der Waals surface area contributed by atoms with Crippen LogP contribution in [0.4, 0.5) is 0 Å². The molecule has 0 aliphatic carbocycles. The molecule has 1 aromatic carbocycles. The topological polar surface area (TPSA) is 35.2 Å². The van der Waals surface area contributed by atoms with Crippen LogP contribution in [0.2, 0.25) is 5.02 Å². The van der Waals surface area contributed by atoms with Crippen molar-refractivity contribution in [2.45, 2.75) is 19.3 Å². The highest BCUT2D eigenvalue weighted by Crippen LogP contribution is 2.23. The van der Waals surface area contributed by atoms with Crippen molar-refractivity contribution in [2.75, 3.05) is 13.2 Å². The first-order valence-corrected chi connectivity index (χ1v) is 5.88. The molecule has 0 spiro atoms. The normalized spacial score (nSPS) is 10.1. The summed E-state index contributed by atoms with van der Waals surface area (Å²) in [5, 5.41) is 0.724. The quantitative estimate of drug-likeness (QED) is 0.586. The summed E-state index contributed by atoms with van der Waals surface area (Å²) in [4.78, 5) is 0. The predicted octanol–water partition coefficient (Wildman–Crippen LogP) is 3.19.